The van der Waals surface area contributed by atoms with Gasteiger partial charge in [-0.1, -0.05) is 18.2 Å². The van der Waals surface area contributed by atoms with Gasteiger partial charge in [0, 0.05) is 25.4 Å². The number of amides is 1. The van der Waals surface area contributed by atoms with Crippen molar-refractivity contribution in [2.45, 2.75) is 6.42 Å². The predicted molar refractivity (Wildman–Crippen MR) is 85.5 cm³/mol. The summed E-state index contributed by atoms with van der Waals surface area (Å²) >= 11 is 3.27. The number of ether oxygens (including phenoxy) is 1. The summed E-state index contributed by atoms with van der Waals surface area (Å²) in [4.78, 5) is 17.9. The van der Waals surface area contributed by atoms with Crippen molar-refractivity contribution in [2.75, 3.05) is 20.2 Å². The zero-order valence-electron chi connectivity index (χ0n) is 11.8. The monoisotopic (exact) mass is 348 g/mol. The topological polar surface area (TPSA) is 42.4 Å². The molecule has 0 aliphatic rings. The molecule has 5 heteroatoms. The average Bonchev–Trinajstić information content (AvgIpc) is 2.51. The molecule has 1 amide bonds. The minimum Gasteiger partial charge on any atom is -0.494 e. The smallest absolute Gasteiger partial charge is 0.253 e. The van der Waals surface area contributed by atoms with Crippen molar-refractivity contribution >= 4 is 21.8 Å². The molecule has 2 rings (SSSR count). The van der Waals surface area contributed by atoms with Crippen LogP contribution < -0.4 is 4.74 Å². The van der Waals surface area contributed by atoms with Crippen LogP contribution in [-0.2, 0) is 0 Å². The number of rotatable bonds is 6. The first-order chi connectivity index (χ1) is 10.2. The van der Waals surface area contributed by atoms with Crippen LogP contribution in [0.4, 0.5) is 0 Å². The second kappa shape index (κ2) is 7.78. The van der Waals surface area contributed by atoms with Crippen LogP contribution in [0.25, 0.3) is 0 Å². The normalized spacial score (nSPS) is 10.2. The van der Waals surface area contributed by atoms with Crippen molar-refractivity contribution < 1.29 is 9.53 Å². The summed E-state index contributed by atoms with van der Waals surface area (Å²) in [6.45, 7) is 1.23. The van der Waals surface area contributed by atoms with Crippen LogP contribution in [0.15, 0.2) is 53.3 Å². The van der Waals surface area contributed by atoms with Gasteiger partial charge in [0.2, 0.25) is 0 Å². The van der Waals surface area contributed by atoms with E-state index in [2.05, 4.69) is 20.9 Å². The Kier molecular flexibility index (Phi) is 5.75. The number of para-hydroxylation sites is 1. The molecule has 110 valence electrons. The summed E-state index contributed by atoms with van der Waals surface area (Å²) in [5.41, 5.74) is 0.628. The lowest BCUT2D eigenvalue weighted by molar-refractivity contribution is 0.0787. The van der Waals surface area contributed by atoms with Gasteiger partial charge in [-0.25, -0.2) is 4.98 Å². The third-order valence-corrected chi connectivity index (χ3v) is 3.40. The summed E-state index contributed by atoms with van der Waals surface area (Å²) in [5.74, 6) is 0.836. The van der Waals surface area contributed by atoms with Crippen LogP contribution >= 0.6 is 15.9 Å². The van der Waals surface area contributed by atoms with E-state index in [-0.39, 0.29) is 5.91 Å². The second-order valence-electron chi connectivity index (χ2n) is 4.61. The Labute approximate surface area is 132 Å². The van der Waals surface area contributed by atoms with Gasteiger partial charge >= 0.3 is 0 Å². The van der Waals surface area contributed by atoms with Gasteiger partial charge in [-0.2, -0.15) is 0 Å². The molecule has 21 heavy (non-hydrogen) atoms. The maximum atomic E-state index is 12.2. The SMILES string of the molecule is CN(CCCOc1ccccc1)C(=O)c1ccnc(Br)c1. The number of nitrogens with zero attached hydrogens (tertiary/aromatic N) is 2. The summed E-state index contributed by atoms with van der Waals surface area (Å²) in [6, 6.07) is 13.1. The standard InChI is InChI=1S/C16H17BrN2O2/c1-19(16(20)13-8-9-18-15(17)12-13)10-5-11-21-14-6-3-2-4-7-14/h2-4,6-9,12H,5,10-11H2,1H3. The highest BCUT2D eigenvalue weighted by Crippen LogP contribution is 2.11. The lowest BCUT2D eigenvalue weighted by Gasteiger charge is -2.17. The van der Waals surface area contributed by atoms with Crippen LogP contribution in [0.1, 0.15) is 16.8 Å². The van der Waals surface area contributed by atoms with E-state index in [1.165, 1.54) is 0 Å². The van der Waals surface area contributed by atoms with Crippen molar-refractivity contribution in [3.05, 3.63) is 58.8 Å². The van der Waals surface area contributed by atoms with E-state index in [1.54, 1.807) is 30.3 Å². The number of aromatic nitrogens is 1. The van der Waals surface area contributed by atoms with Gasteiger partial charge in [0.1, 0.15) is 10.4 Å². The molecule has 0 bridgehead atoms. The molecule has 1 heterocycles. The first-order valence-electron chi connectivity index (χ1n) is 6.71. The molecule has 0 saturated carbocycles. The summed E-state index contributed by atoms with van der Waals surface area (Å²) in [7, 11) is 1.79. The van der Waals surface area contributed by atoms with Crippen LogP contribution in [0.3, 0.4) is 0 Å². The minimum absolute atomic E-state index is 0.0159. The molecule has 0 radical (unpaired) electrons. The van der Waals surface area contributed by atoms with Crippen LogP contribution in [0.5, 0.6) is 5.75 Å². The highest BCUT2D eigenvalue weighted by atomic mass is 79.9. The Morgan fingerprint density at radius 1 is 1.29 bits per heavy atom. The van der Waals surface area contributed by atoms with E-state index < -0.39 is 0 Å². The molecule has 0 saturated heterocycles. The number of hydrogen-bond donors (Lipinski definition) is 0. The van der Waals surface area contributed by atoms with Gasteiger partial charge in [-0.3, -0.25) is 4.79 Å². The molecule has 2 aromatic rings. The summed E-state index contributed by atoms with van der Waals surface area (Å²) in [5, 5.41) is 0. The van der Waals surface area contributed by atoms with Gasteiger partial charge in [0.25, 0.3) is 5.91 Å². The van der Waals surface area contributed by atoms with Crippen molar-refractivity contribution in [3.8, 4) is 5.75 Å². The largest absolute Gasteiger partial charge is 0.494 e. The molecule has 0 unspecified atom stereocenters. The van der Waals surface area contributed by atoms with Gasteiger partial charge in [0.15, 0.2) is 0 Å². The number of carbonyl (C=O) groups is 1. The number of pyridine rings is 1. The molecule has 0 aliphatic heterocycles. The van der Waals surface area contributed by atoms with E-state index >= 15 is 0 Å². The fourth-order valence-corrected chi connectivity index (χ4v) is 2.23. The highest BCUT2D eigenvalue weighted by molar-refractivity contribution is 9.10. The fourth-order valence-electron chi connectivity index (χ4n) is 1.87. The van der Waals surface area contributed by atoms with E-state index in [0.29, 0.717) is 23.3 Å². The Bertz CT molecular complexity index is 590. The first kappa shape index (κ1) is 15.5. The second-order valence-corrected chi connectivity index (χ2v) is 5.42. The zero-order valence-corrected chi connectivity index (χ0v) is 13.4. The molecular formula is C16H17BrN2O2. The third kappa shape index (κ3) is 4.86. The summed E-state index contributed by atoms with van der Waals surface area (Å²) < 4.78 is 6.27. The van der Waals surface area contributed by atoms with Crippen molar-refractivity contribution in [1.29, 1.82) is 0 Å². The Morgan fingerprint density at radius 3 is 2.76 bits per heavy atom. The molecule has 1 aromatic heterocycles. The van der Waals surface area contributed by atoms with Crippen molar-refractivity contribution in [2.24, 2.45) is 0 Å². The van der Waals surface area contributed by atoms with E-state index in [9.17, 15) is 4.79 Å². The number of hydrogen-bond acceptors (Lipinski definition) is 3. The Hall–Kier alpha value is -1.88. The molecule has 0 N–H and O–H groups in total. The molecule has 0 fully saturated rings. The Balaban J connectivity index is 1.76. The molecule has 0 aliphatic carbocycles. The average molecular weight is 349 g/mol. The molecule has 0 spiro atoms. The van der Waals surface area contributed by atoms with Crippen LogP contribution in [-0.4, -0.2) is 36.0 Å². The first-order valence-corrected chi connectivity index (χ1v) is 7.51. The number of benzene rings is 1. The van der Waals surface area contributed by atoms with Gasteiger partial charge in [0.05, 0.1) is 6.61 Å². The maximum absolute atomic E-state index is 12.2. The number of carbonyl (C=O) groups excluding carboxylic acids is 1. The van der Waals surface area contributed by atoms with Crippen molar-refractivity contribution in [3.63, 3.8) is 0 Å². The van der Waals surface area contributed by atoms with E-state index in [0.717, 1.165) is 12.2 Å². The maximum Gasteiger partial charge on any atom is 0.253 e. The minimum atomic E-state index is -0.0159. The zero-order chi connectivity index (χ0) is 15.1. The molecule has 1 aromatic carbocycles. The van der Waals surface area contributed by atoms with E-state index in [1.807, 2.05) is 30.3 Å². The third-order valence-electron chi connectivity index (χ3n) is 2.97. The van der Waals surface area contributed by atoms with Gasteiger partial charge in [-0.15, -0.1) is 0 Å². The molecular weight excluding hydrogens is 332 g/mol. The van der Waals surface area contributed by atoms with Crippen LogP contribution in [0, 0.1) is 0 Å². The number of halogens is 1. The fraction of sp³-hybridized carbons (Fsp3) is 0.250. The van der Waals surface area contributed by atoms with Gasteiger partial charge in [-0.05, 0) is 46.6 Å². The van der Waals surface area contributed by atoms with Crippen LogP contribution in [0.2, 0.25) is 0 Å². The van der Waals surface area contributed by atoms with Crippen molar-refractivity contribution in [1.82, 2.24) is 9.88 Å². The quantitative estimate of drug-likeness (QED) is 0.593. The highest BCUT2D eigenvalue weighted by Gasteiger charge is 2.11. The molecule has 0 atom stereocenters. The van der Waals surface area contributed by atoms with Gasteiger partial charge < -0.3 is 9.64 Å². The predicted octanol–water partition coefficient (Wildman–Crippen LogP) is 3.39. The lowest BCUT2D eigenvalue weighted by Crippen LogP contribution is -2.28. The molecule has 4 nitrogen and oxygen atoms in total. The van der Waals surface area contributed by atoms with E-state index in [4.69, 9.17) is 4.74 Å². The Morgan fingerprint density at radius 2 is 2.05 bits per heavy atom. The summed E-state index contributed by atoms with van der Waals surface area (Å²) in [6.07, 6.45) is 2.40. The lowest BCUT2D eigenvalue weighted by atomic mass is 10.2.